The van der Waals surface area contributed by atoms with Gasteiger partial charge in [-0.3, -0.25) is 9.89 Å². The Morgan fingerprint density at radius 3 is 2.38 bits per heavy atom. The molecule has 1 unspecified atom stereocenters. The lowest BCUT2D eigenvalue weighted by Gasteiger charge is -2.36. The van der Waals surface area contributed by atoms with E-state index in [0.717, 1.165) is 19.0 Å². The number of piperazine rings is 1. The molecule has 1 spiro atoms. The highest BCUT2D eigenvalue weighted by molar-refractivity contribution is 14.0. The van der Waals surface area contributed by atoms with Gasteiger partial charge in [-0.1, -0.05) is 19.3 Å². The van der Waals surface area contributed by atoms with Crippen molar-refractivity contribution in [2.24, 2.45) is 10.4 Å². The minimum absolute atomic E-state index is 0. The van der Waals surface area contributed by atoms with Gasteiger partial charge in [-0.2, -0.15) is 0 Å². The fraction of sp³-hybridized carbons (Fsp3) is 0.950. The largest absolute Gasteiger partial charge is 0.357 e. The Kier molecular flexibility index (Phi) is 8.94. The Labute approximate surface area is 178 Å². The fourth-order valence-electron chi connectivity index (χ4n) is 4.85. The molecular weight excluding hydrogens is 437 g/mol. The van der Waals surface area contributed by atoms with E-state index in [1.165, 1.54) is 77.8 Å². The molecule has 0 aromatic carbocycles. The number of halogens is 1. The lowest BCUT2D eigenvalue weighted by atomic mass is 9.73. The van der Waals surface area contributed by atoms with Gasteiger partial charge in [0, 0.05) is 51.9 Å². The van der Waals surface area contributed by atoms with Gasteiger partial charge in [0.1, 0.15) is 0 Å². The molecule has 2 heterocycles. The van der Waals surface area contributed by atoms with Gasteiger partial charge in [-0.25, -0.2) is 0 Å². The zero-order valence-electron chi connectivity index (χ0n) is 17.2. The first-order valence-electron chi connectivity index (χ1n) is 10.6. The van der Waals surface area contributed by atoms with Gasteiger partial charge < -0.3 is 15.1 Å². The Morgan fingerprint density at radius 1 is 1.04 bits per heavy atom. The van der Waals surface area contributed by atoms with E-state index in [1.54, 1.807) is 0 Å². The Morgan fingerprint density at radius 2 is 1.73 bits per heavy atom. The van der Waals surface area contributed by atoms with Gasteiger partial charge in [0.2, 0.25) is 0 Å². The molecule has 5 nitrogen and oxygen atoms in total. The number of nitrogens with zero attached hydrogens (tertiary/aromatic N) is 4. The van der Waals surface area contributed by atoms with Gasteiger partial charge in [-0.05, 0) is 45.6 Å². The van der Waals surface area contributed by atoms with E-state index in [1.807, 2.05) is 0 Å². The number of aliphatic imine (C=N–C) groups is 1. The monoisotopic (exact) mass is 477 g/mol. The standard InChI is InChI=1S/C20H39N5.HI/c1-4-21-19(22-16-18(2)24-14-12-23(3)13-15-24)25-11-10-20(17-25)8-6-5-7-9-20;/h18H,4-17H2,1-3H3,(H,21,22);1H. The highest BCUT2D eigenvalue weighted by Gasteiger charge is 2.39. The Hall–Kier alpha value is -0.0800. The number of guanidine groups is 1. The summed E-state index contributed by atoms with van der Waals surface area (Å²) in [6.07, 6.45) is 8.54. The molecule has 0 aromatic rings. The second-order valence-corrected chi connectivity index (χ2v) is 8.62. The van der Waals surface area contributed by atoms with Crippen LogP contribution in [0, 0.1) is 5.41 Å². The maximum absolute atomic E-state index is 5.04. The normalized spacial score (nSPS) is 26.0. The maximum Gasteiger partial charge on any atom is 0.193 e. The highest BCUT2D eigenvalue weighted by atomic mass is 127. The summed E-state index contributed by atoms with van der Waals surface area (Å²) in [6.45, 7) is 13.5. The Bertz CT molecular complexity index is 441. The van der Waals surface area contributed by atoms with E-state index in [2.05, 4.69) is 40.9 Å². The fourth-order valence-corrected chi connectivity index (χ4v) is 4.85. The van der Waals surface area contributed by atoms with E-state index >= 15 is 0 Å². The predicted molar refractivity (Wildman–Crippen MR) is 122 cm³/mol. The van der Waals surface area contributed by atoms with Gasteiger partial charge in [0.05, 0.1) is 6.54 Å². The molecule has 1 aliphatic carbocycles. The number of likely N-dealkylation sites (N-methyl/N-ethyl adjacent to an activating group) is 1. The van der Waals surface area contributed by atoms with Crippen molar-refractivity contribution in [3.8, 4) is 0 Å². The molecule has 2 aliphatic heterocycles. The molecule has 3 aliphatic rings. The second-order valence-electron chi connectivity index (χ2n) is 8.62. The van der Waals surface area contributed by atoms with Crippen LogP contribution in [-0.2, 0) is 0 Å². The summed E-state index contributed by atoms with van der Waals surface area (Å²) in [4.78, 5) is 12.6. The molecule has 6 heteroatoms. The van der Waals surface area contributed by atoms with Crippen molar-refractivity contribution in [1.82, 2.24) is 20.0 Å². The van der Waals surface area contributed by atoms with E-state index in [0.29, 0.717) is 11.5 Å². The van der Waals surface area contributed by atoms with Crippen molar-refractivity contribution < 1.29 is 0 Å². The third-order valence-corrected chi connectivity index (χ3v) is 6.65. The van der Waals surface area contributed by atoms with Crippen molar-refractivity contribution in [2.75, 3.05) is 59.4 Å². The van der Waals surface area contributed by atoms with E-state index in [-0.39, 0.29) is 24.0 Å². The van der Waals surface area contributed by atoms with Crippen LogP contribution >= 0.6 is 24.0 Å². The quantitative estimate of drug-likeness (QED) is 0.384. The molecule has 2 saturated heterocycles. The molecule has 0 radical (unpaired) electrons. The second kappa shape index (κ2) is 10.5. The van der Waals surface area contributed by atoms with Gasteiger partial charge in [0.25, 0.3) is 0 Å². The van der Waals surface area contributed by atoms with Crippen molar-refractivity contribution in [3.05, 3.63) is 0 Å². The lowest BCUT2D eigenvalue weighted by molar-refractivity contribution is 0.122. The molecule has 1 saturated carbocycles. The summed E-state index contributed by atoms with van der Waals surface area (Å²) in [5.74, 6) is 1.16. The average molecular weight is 477 g/mol. The van der Waals surface area contributed by atoms with Crippen LogP contribution in [0.25, 0.3) is 0 Å². The number of hydrogen-bond acceptors (Lipinski definition) is 3. The van der Waals surface area contributed by atoms with Gasteiger partial charge in [0.15, 0.2) is 5.96 Å². The van der Waals surface area contributed by atoms with Crippen LogP contribution in [0.5, 0.6) is 0 Å². The van der Waals surface area contributed by atoms with Crippen LogP contribution in [-0.4, -0.2) is 86.1 Å². The van der Waals surface area contributed by atoms with Crippen LogP contribution < -0.4 is 5.32 Å². The summed E-state index contributed by atoms with van der Waals surface area (Å²) < 4.78 is 0. The number of rotatable bonds is 4. The Balaban J connectivity index is 0.00000243. The van der Waals surface area contributed by atoms with E-state index in [9.17, 15) is 0 Å². The van der Waals surface area contributed by atoms with Gasteiger partial charge >= 0.3 is 0 Å². The van der Waals surface area contributed by atoms with E-state index < -0.39 is 0 Å². The summed E-state index contributed by atoms with van der Waals surface area (Å²) >= 11 is 0. The zero-order chi connectivity index (χ0) is 17.7. The van der Waals surface area contributed by atoms with Crippen LogP contribution in [0.1, 0.15) is 52.4 Å². The molecule has 26 heavy (non-hydrogen) atoms. The van der Waals surface area contributed by atoms with Crippen molar-refractivity contribution in [1.29, 1.82) is 0 Å². The minimum atomic E-state index is 0. The molecule has 1 N–H and O–H groups in total. The third kappa shape index (κ3) is 5.71. The third-order valence-electron chi connectivity index (χ3n) is 6.65. The molecular formula is C20H40IN5. The molecule has 0 bridgehead atoms. The van der Waals surface area contributed by atoms with Crippen molar-refractivity contribution >= 4 is 29.9 Å². The average Bonchev–Trinajstić information content (AvgIpc) is 3.02. The zero-order valence-corrected chi connectivity index (χ0v) is 19.5. The molecule has 1 atom stereocenters. The first-order chi connectivity index (χ1) is 12.1. The molecule has 3 rings (SSSR count). The lowest BCUT2D eigenvalue weighted by Crippen LogP contribution is -2.49. The van der Waals surface area contributed by atoms with Gasteiger partial charge in [-0.15, -0.1) is 24.0 Å². The van der Waals surface area contributed by atoms with Crippen LogP contribution in [0.15, 0.2) is 4.99 Å². The highest BCUT2D eigenvalue weighted by Crippen LogP contribution is 2.43. The molecule has 0 amide bonds. The molecule has 0 aromatic heterocycles. The maximum atomic E-state index is 5.04. The number of hydrogen-bond donors (Lipinski definition) is 1. The van der Waals surface area contributed by atoms with Crippen LogP contribution in [0.3, 0.4) is 0 Å². The summed E-state index contributed by atoms with van der Waals surface area (Å²) in [5.41, 5.74) is 0.595. The van der Waals surface area contributed by atoms with Crippen molar-refractivity contribution in [2.45, 2.75) is 58.4 Å². The number of nitrogens with one attached hydrogen (secondary N) is 1. The first kappa shape index (κ1) is 22.2. The minimum Gasteiger partial charge on any atom is -0.357 e. The summed E-state index contributed by atoms with van der Waals surface area (Å²) in [7, 11) is 2.22. The summed E-state index contributed by atoms with van der Waals surface area (Å²) in [6, 6.07) is 0.536. The number of likely N-dealkylation sites (tertiary alicyclic amines) is 1. The first-order valence-corrected chi connectivity index (χ1v) is 10.6. The smallest absolute Gasteiger partial charge is 0.193 e. The molecule has 3 fully saturated rings. The predicted octanol–water partition coefficient (Wildman–Crippen LogP) is 2.86. The topological polar surface area (TPSA) is 34.1 Å². The SMILES string of the molecule is CCNC(=NCC(C)N1CCN(C)CC1)N1CCC2(CCCCC2)C1.I. The summed E-state index contributed by atoms with van der Waals surface area (Å²) in [5, 5.41) is 3.56. The molecule has 152 valence electrons. The van der Waals surface area contributed by atoms with Crippen molar-refractivity contribution in [3.63, 3.8) is 0 Å². The van der Waals surface area contributed by atoms with Crippen LogP contribution in [0.4, 0.5) is 0 Å². The van der Waals surface area contributed by atoms with Crippen LogP contribution in [0.2, 0.25) is 0 Å². The van der Waals surface area contributed by atoms with E-state index in [4.69, 9.17) is 4.99 Å².